The fourth-order valence-electron chi connectivity index (χ4n) is 4.03. The van der Waals surface area contributed by atoms with Crippen molar-refractivity contribution in [3.8, 4) is 23.2 Å². The molecule has 1 aliphatic heterocycles. The van der Waals surface area contributed by atoms with Crippen LogP contribution >= 0.6 is 0 Å². The Labute approximate surface area is 170 Å². The van der Waals surface area contributed by atoms with E-state index in [9.17, 15) is 4.39 Å². The molecule has 2 atom stereocenters. The highest BCUT2D eigenvalue weighted by molar-refractivity contribution is 5.56. The number of aromatic nitrogens is 2. The molecule has 0 spiro atoms. The molecular weight excluding hydrogens is 365 g/mol. The van der Waals surface area contributed by atoms with E-state index in [0.29, 0.717) is 29.4 Å². The second-order valence-corrected chi connectivity index (χ2v) is 7.78. The molecule has 0 saturated carbocycles. The molecule has 2 heterocycles. The van der Waals surface area contributed by atoms with Crippen LogP contribution < -0.4 is 0 Å². The van der Waals surface area contributed by atoms with Gasteiger partial charge >= 0.3 is 0 Å². The highest BCUT2D eigenvalue weighted by Crippen LogP contribution is 2.37. The number of hydrogen-bond donors (Lipinski definition) is 0. The Bertz CT molecular complexity index is 1050. The van der Waals surface area contributed by atoms with Gasteiger partial charge in [-0.05, 0) is 76.1 Å². The minimum Gasteiger partial charge on any atom is -0.337 e. The Morgan fingerprint density at radius 1 is 1.07 bits per heavy atom. The van der Waals surface area contributed by atoms with E-state index in [-0.39, 0.29) is 11.9 Å². The van der Waals surface area contributed by atoms with Crippen molar-refractivity contribution in [3.05, 3.63) is 71.4 Å². The third-order valence-electron chi connectivity index (χ3n) is 5.37. The van der Waals surface area contributed by atoms with Crippen LogP contribution in [0.1, 0.15) is 56.7 Å². The second kappa shape index (κ2) is 8.18. The van der Waals surface area contributed by atoms with E-state index in [2.05, 4.69) is 47.7 Å². The van der Waals surface area contributed by atoms with E-state index in [4.69, 9.17) is 4.52 Å². The molecule has 2 unspecified atom stereocenters. The Morgan fingerprint density at radius 3 is 2.55 bits per heavy atom. The van der Waals surface area contributed by atoms with Crippen LogP contribution in [0.4, 0.5) is 4.39 Å². The average Bonchev–Trinajstić information content (AvgIpc) is 3.33. The van der Waals surface area contributed by atoms with Gasteiger partial charge in [-0.25, -0.2) is 4.39 Å². The molecule has 4 rings (SSSR count). The lowest BCUT2D eigenvalue weighted by molar-refractivity contribution is 0.132. The highest BCUT2D eigenvalue weighted by Gasteiger charge is 2.36. The van der Waals surface area contributed by atoms with Crippen LogP contribution in [0.5, 0.6) is 0 Å². The van der Waals surface area contributed by atoms with Gasteiger partial charge in [0.05, 0.1) is 6.04 Å². The number of nitrogens with zero attached hydrogens (tertiary/aromatic N) is 3. The maximum Gasteiger partial charge on any atom is 0.244 e. The first-order valence-electron chi connectivity index (χ1n) is 10.0. The first-order chi connectivity index (χ1) is 14.0. The Balaban J connectivity index is 1.51. The van der Waals surface area contributed by atoms with Crippen molar-refractivity contribution < 1.29 is 8.91 Å². The summed E-state index contributed by atoms with van der Waals surface area (Å²) in [6.45, 7) is 6.66. The molecular formula is C24H24FN3O. The van der Waals surface area contributed by atoms with Gasteiger partial charge < -0.3 is 4.52 Å². The third kappa shape index (κ3) is 4.23. The van der Waals surface area contributed by atoms with Crippen LogP contribution in [-0.2, 0) is 0 Å². The van der Waals surface area contributed by atoms with Gasteiger partial charge in [0.1, 0.15) is 5.82 Å². The first-order valence-corrected chi connectivity index (χ1v) is 10.0. The topological polar surface area (TPSA) is 42.2 Å². The molecule has 1 fully saturated rings. The number of benzene rings is 2. The van der Waals surface area contributed by atoms with Gasteiger partial charge in [-0.15, -0.1) is 0 Å². The van der Waals surface area contributed by atoms with Crippen LogP contribution in [0.2, 0.25) is 0 Å². The second-order valence-electron chi connectivity index (χ2n) is 7.78. The van der Waals surface area contributed by atoms with Gasteiger partial charge in [0.2, 0.25) is 11.7 Å². The van der Waals surface area contributed by atoms with Crippen LogP contribution in [-0.4, -0.2) is 27.1 Å². The molecule has 1 aromatic heterocycles. The predicted octanol–water partition coefficient (Wildman–Crippen LogP) is 5.21. The van der Waals surface area contributed by atoms with Crippen LogP contribution in [0.3, 0.4) is 0 Å². The first kappa shape index (κ1) is 19.4. The van der Waals surface area contributed by atoms with Crippen LogP contribution in [0.25, 0.3) is 11.4 Å². The molecule has 148 valence electrons. The van der Waals surface area contributed by atoms with E-state index in [1.54, 1.807) is 12.1 Å². The van der Waals surface area contributed by atoms with E-state index in [0.717, 1.165) is 24.0 Å². The van der Waals surface area contributed by atoms with Gasteiger partial charge in [0.15, 0.2) is 0 Å². The Kier molecular flexibility index (Phi) is 5.46. The zero-order chi connectivity index (χ0) is 20.4. The fourth-order valence-corrected chi connectivity index (χ4v) is 4.03. The summed E-state index contributed by atoms with van der Waals surface area (Å²) in [6.07, 6.45) is 2.18. The molecule has 29 heavy (non-hydrogen) atoms. The summed E-state index contributed by atoms with van der Waals surface area (Å²) in [5.41, 5.74) is 2.38. The summed E-state index contributed by atoms with van der Waals surface area (Å²) in [6, 6.07) is 15.1. The summed E-state index contributed by atoms with van der Waals surface area (Å²) in [5, 5.41) is 4.19. The predicted molar refractivity (Wildman–Crippen MR) is 111 cm³/mol. The molecule has 5 heteroatoms. The minimum atomic E-state index is -0.284. The molecule has 0 aliphatic carbocycles. The number of likely N-dealkylation sites (tertiary alicyclic amines) is 1. The molecule has 0 N–H and O–H groups in total. The molecule has 0 amide bonds. The van der Waals surface area contributed by atoms with Crippen molar-refractivity contribution in [2.75, 3.05) is 0 Å². The van der Waals surface area contributed by atoms with Gasteiger partial charge in [-0.2, -0.15) is 4.98 Å². The van der Waals surface area contributed by atoms with Crippen LogP contribution in [0.15, 0.2) is 53.1 Å². The lowest BCUT2D eigenvalue weighted by Crippen LogP contribution is -2.35. The van der Waals surface area contributed by atoms with E-state index in [1.165, 1.54) is 12.1 Å². The number of hydrogen-bond acceptors (Lipinski definition) is 4. The summed E-state index contributed by atoms with van der Waals surface area (Å²) in [5.74, 6) is 7.02. The summed E-state index contributed by atoms with van der Waals surface area (Å²) in [4.78, 5) is 7.11. The maximum absolute atomic E-state index is 13.2. The summed E-state index contributed by atoms with van der Waals surface area (Å²) >= 11 is 0. The fraction of sp³-hybridized carbons (Fsp3) is 0.333. The molecule has 0 bridgehead atoms. The summed E-state index contributed by atoms with van der Waals surface area (Å²) < 4.78 is 18.9. The molecule has 0 radical (unpaired) electrons. The van der Waals surface area contributed by atoms with Gasteiger partial charge in [-0.3, -0.25) is 4.90 Å². The monoisotopic (exact) mass is 389 g/mol. The van der Waals surface area contributed by atoms with Gasteiger partial charge in [0.25, 0.3) is 0 Å². The zero-order valence-corrected chi connectivity index (χ0v) is 16.9. The zero-order valence-electron chi connectivity index (χ0n) is 16.9. The van der Waals surface area contributed by atoms with E-state index in [1.807, 2.05) is 24.3 Å². The van der Waals surface area contributed by atoms with Crippen molar-refractivity contribution in [2.24, 2.45) is 0 Å². The molecule has 3 aromatic rings. The smallest absolute Gasteiger partial charge is 0.244 e. The average molecular weight is 389 g/mol. The van der Waals surface area contributed by atoms with Crippen molar-refractivity contribution in [1.82, 2.24) is 15.0 Å². The SMILES string of the molecule is CC(C)N1C(C)CCC1c1nc(-c2ccc(C#Cc3cccc(F)c3)cc2)no1. The summed E-state index contributed by atoms with van der Waals surface area (Å²) in [7, 11) is 0. The van der Waals surface area contributed by atoms with Crippen LogP contribution in [0, 0.1) is 17.7 Å². The Hall–Kier alpha value is -2.97. The van der Waals surface area contributed by atoms with Crippen molar-refractivity contribution in [1.29, 1.82) is 0 Å². The highest BCUT2D eigenvalue weighted by atomic mass is 19.1. The van der Waals surface area contributed by atoms with Gasteiger partial charge in [-0.1, -0.05) is 23.1 Å². The molecule has 4 nitrogen and oxygen atoms in total. The normalized spacial score (nSPS) is 19.3. The lowest BCUT2D eigenvalue weighted by atomic mass is 10.1. The standard InChI is InChI=1S/C24H24FN3O/c1-16(2)28-17(3)7-14-22(28)24-26-23(27-29-24)20-12-10-18(11-13-20)8-9-19-5-4-6-21(25)15-19/h4-6,10-13,15-17,22H,7,14H2,1-3H3. The number of halogens is 1. The van der Waals surface area contributed by atoms with Crippen molar-refractivity contribution in [3.63, 3.8) is 0 Å². The minimum absolute atomic E-state index is 0.183. The largest absolute Gasteiger partial charge is 0.337 e. The quantitative estimate of drug-likeness (QED) is 0.577. The van der Waals surface area contributed by atoms with Crippen molar-refractivity contribution >= 4 is 0 Å². The van der Waals surface area contributed by atoms with E-state index < -0.39 is 0 Å². The third-order valence-corrected chi connectivity index (χ3v) is 5.37. The number of rotatable bonds is 3. The van der Waals surface area contributed by atoms with Gasteiger partial charge in [0, 0.05) is 28.8 Å². The van der Waals surface area contributed by atoms with Crippen molar-refractivity contribution in [2.45, 2.75) is 51.7 Å². The molecule has 1 saturated heterocycles. The molecule has 2 aromatic carbocycles. The maximum atomic E-state index is 13.2. The Morgan fingerprint density at radius 2 is 1.83 bits per heavy atom. The van der Waals surface area contributed by atoms with E-state index >= 15 is 0 Å². The molecule has 1 aliphatic rings. The lowest BCUT2D eigenvalue weighted by Gasteiger charge is -2.29.